The minimum Gasteiger partial charge on any atom is -0.396 e. The van der Waals surface area contributed by atoms with Crippen molar-refractivity contribution < 1.29 is 9.90 Å². The van der Waals surface area contributed by atoms with Crippen LogP contribution in [0.3, 0.4) is 0 Å². The van der Waals surface area contributed by atoms with E-state index in [0.717, 1.165) is 0 Å². The van der Waals surface area contributed by atoms with Gasteiger partial charge in [0.1, 0.15) is 0 Å². The number of nitrogens with two attached hydrogens (primary N) is 1. The number of hydrogen-bond donors (Lipinski definition) is 3. The zero-order chi connectivity index (χ0) is 12.3. The van der Waals surface area contributed by atoms with Crippen molar-refractivity contribution in [2.24, 2.45) is 7.05 Å². The zero-order valence-electron chi connectivity index (χ0n) is 9.77. The summed E-state index contributed by atoms with van der Waals surface area (Å²) in [5.41, 5.74) is 6.20. The van der Waals surface area contributed by atoms with Crippen LogP contribution in [0.5, 0.6) is 0 Å². The first-order valence-electron chi connectivity index (χ1n) is 5.18. The van der Waals surface area contributed by atoms with E-state index in [-0.39, 0.29) is 17.6 Å². The van der Waals surface area contributed by atoms with Gasteiger partial charge in [-0.15, -0.1) is 0 Å². The maximum Gasteiger partial charge on any atom is 0.274 e. The number of carbonyl (C=O) groups is 1. The van der Waals surface area contributed by atoms with Crippen molar-refractivity contribution in [2.75, 3.05) is 5.73 Å². The lowest BCUT2D eigenvalue weighted by molar-refractivity contribution is 0.0918. The number of aryl methyl sites for hydroxylation is 1. The van der Waals surface area contributed by atoms with E-state index in [2.05, 4.69) is 10.4 Å². The highest BCUT2D eigenvalue weighted by atomic mass is 16.3. The molecule has 6 heteroatoms. The molecule has 6 nitrogen and oxygen atoms in total. The normalized spacial score (nSPS) is 14.5. The molecule has 90 valence electrons. The Morgan fingerprint density at radius 1 is 1.69 bits per heavy atom. The van der Waals surface area contributed by atoms with Crippen LogP contribution in [-0.2, 0) is 7.05 Å². The van der Waals surface area contributed by atoms with Gasteiger partial charge in [-0.1, -0.05) is 0 Å². The second-order valence-corrected chi connectivity index (χ2v) is 4.07. The second kappa shape index (κ2) is 4.98. The fourth-order valence-electron chi connectivity index (χ4n) is 1.55. The van der Waals surface area contributed by atoms with Crippen LogP contribution in [-0.4, -0.2) is 32.9 Å². The van der Waals surface area contributed by atoms with Gasteiger partial charge in [-0.25, -0.2) is 0 Å². The summed E-state index contributed by atoms with van der Waals surface area (Å²) in [6.07, 6.45) is 1.63. The maximum atomic E-state index is 11.7. The van der Waals surface area contributed by atoms with Gasteiger partial charge in [-0.05, 0) is 20.3 Å². The summed E-state index contributed by atoms with van der Waals surface area (Å²) in [5, 5.41) is 15.9. The van der Waals surface area contributed by atoms with Crippen LogP contribution >= 0.6 is 0 Å². The lowest BCUT2D eigenvalue weighted by atomic mass is 10.1. The van der Waals surface area contributed by atoms with Gasteiger partial charge in [0, 0.05) is 19.3 Å². The number of aliphatic hydroxyl groups excluding tert-OH is 1. The Bertz CT molecular complexity index is 373. The quantitative estimate of drug-likeness (QED) is 0.668. The first-order valence-corrected chi connectivity index (χ1v) is 5.18. The highest BCUT2D eigenvalue weighted by Crippen LogP contribution is 2.08. The van der Waals surface area contributed by atoms with E-state index in [9.17, 15) is 4.79 Å². The number of rotatable bonds is 4. The predicted octanol–water partition coefficient (Wildman–Crippen LogP) is -0.109. The molecule has 0 aliphatic rings. The van der Waals surface area contributed by atoms with Crippen molar-refractivity contribution in [3.05, 3.63) is 11.9 Å². The second-order valence-electron chi connectivity index (χ2n) is 4.07. The van der Waals surface area contributed by atoms with Crippen molar-refractivity contribution in [2.45, 2.75) is 32.4 Å². The molecule has 1 aromatic rings. The van der Waals surface area contributed by atoms with Crippen LogP contribution in [0, 0.1) is 0 Å². The maximum absolute atomic E-state index is 11.7. The minimum absolute atomic E-state index is 0.117. The molecule has 1 heterocycles. The average Bonchev–Trinajstić information content (AvgIpc) is 2.43. The molecule has 0 aliphatic heterocycles. The number of anilines is 1. The molecule has 0 fully saturated rings. The van der Waals surface area contributed by atoms with E-state index in [4.69, 9.17) is 10.8 Å². The summed E-state index contributed by atoms with van der Waals surface area (Å²) in [7, 11) is 1.70. The molecular weight excluding hydrogens is 208 g/mol. The first kappa shape index (κ1) is 12.5. The summed E-state index contributed by atoms with van der Waals surface area (Å²) in [4.78, 5) is 11.7. The van der Waals surface area contributed by atoms with E-state index in [1.54, 1.807) is 20.2 Å². The van der Waals surface area contributed by atoms with Crippen molar-refractivity contribution in [3.63, 3.8) is 0 Å². The summed E-state index contributed by atoms with van der Waals surface area (Å²) < 4.78 is 1.49. The molecule has 0 bridgehead atoms. The number of nitrogen functional groups attached to an aromatic ring is 1. The summed E-state index contributed by atoms with van der Waals surface area (Å²) in [6, 6.07) is -0.117. The number of hydrogen-bond acceptors (Lipinski definition) is 4. The van der Waals surface area contributed by atoms with Gasteiger partial charge in [0.15, 0.2) is 5.69 Å². The smallest absolute Gasteiger partial charge is 0.274 e. The third-order valence-electron chi connectivity index (χ3n) is 2.14. The van der Waals surface area contributed by atoms with Gasteiger partial charge in [-0.2, -0.15) is 5.10 Å². The molecular formula is C10H18N4O2. The number of carbonyl (C=O) groups excluding carboxylic acids is 1. The molecule has 2 atom stereocenters. The third-order valence-corrected chi connectivity index (χ3v) is 2.14. The number of nitrogens with zero attached hydrogens (tertiary/aromatic N) is 2. The average molecular weight is 226 g/mol. The molecule has 0 spiro atoms. The van der Waals surface area contributed by atoms with E-state index in [1.165, 1.54) is 4.68 Å². The SMILES string of the molecule is CC(O)CC(C)NC(=O)c1nn(C)cc1N. The van der Waals surface area contributed by atoms with E-state index >= 15 is 0 Å². The van der Waals surface area contributed by atoms with E-state index in [0.29, 0.717) is 12.1 Å². The Hall–Kier alpha value is -1.56. The Morgan fingerprint density at radius 3 is 2.75 bits per heavy atom. The van der Waals surface area contributed by atoms with Crippen LogP contribution in [0.25, 0.3) is 0 Å². The van der Waals surface area contributed by atoms with Crippen molar-refractivity contribution in [1.29, 1.82) is 0 Å². The van der Waals surface area contributed by atoms with E-state index < -0.39 is 6.10 Å². The van der Waals surface area contributed by atoms with E-state index in [1.807, 2.05) is 6.92 Å². The predicted molar refractivity (Wildman–Crippen MR) is 60.8 cm³/mol. The summed E-state index contributed by atoms with van der Waals surface area (Å²) >= 11 is 0. The molecule has 0 saturated heterocycles. The van der Waals surface area contributed by atoms with Gasteiger partial charge in [0.05, 0.1) is 11.8 Å². The van der Waals surface area contributed by atoms with Crippen LogP contribution in [0.1, 0.15) is 30.8 Å². The Morgan fingerprint density at radius 2 is 2.31 bits per heavy atom. The molecule has 1 amide bonds. The third kappa shape index (κ3) is 3.23. The molecule has 16 heavy (non-hydrogen) atoms. The molecule has 1 aromatic heterocycles. The minimum atomic E-state index is -0.448. The van der Waals surface area contributed by atoms with Crippen LogP contribution in [0.4, 0.5) is 5.69 Å². The fourth-order valence-corrected chi connectivity index (χ4v) is 1.55. The number of nitrogens with one attached hydrogen (secondary N) is 1. The molecule has 0 aromatic carbocycles. The molecule has 0 aliphatic carbocycles. The molecule has 0 saturated carbocycles. The van der Waals surface area contributed by atoms with Crippen molar-refractivity contribution in [3.8, 4) is 0 Å². The zero-order valence-corrected chi connectivity index (χ0v) is 9.77. The van der Waals surface area contributed by atoms with Crippen LogP contribution < -0.4 is 11.1 Å². The van der Waals surface area contributed by atoms with Gasteiger partial charge in [-0.3, -0.25) is 9.48 Å². The fraction of sp³-hybridized carbons (Fsp3) is 0.600. The van der Waals surface area contributed by atoms with Crippen LogP contribution in [0.2, 0.25) is 0 Å². The van der Waals surface area contributed by atoms with Gasteiger partial charge in [0.25, 0.3) is 5.91 Å². The monoisotopic (exact) mass is 226 g/mol. The van der Waals surface area contributed by atoms with Crippen molar-refractivity contribution >= 4 is 11.6 Å². The number of aliphatic hydroxyl groups is 1. The Balaban J connectivity index is 2.62. The number of amides is 1. The standard InChI is InChI=1S/C10H18N4O2/c1-6(4-7(2)15)12-10(16)9-8(11)5-14(3)13-9/h5-7,15H,4,11H2,1-3H3,(H,12,16). The number of aromatic nitrogens is 2. The molecule has 4 N–H and O–H groups in total. The van der Waals surface area contributed by atoms with Gasteiger partial charge >= 0.3 is 0 Å². The highest BCUT2D eigenvalue weighted by molar-refractivity contribution is 5.97. The lowest BCUT2D eigenvalue weighted by Gasteiger charge is -2.14. The summed E-state index contributed by atoms with van der Waals surface area (Å²) in [5.74, 6) is -0.314. The highest BCUT2D eigenvalue weighted by Gasteiger charge is 2.16. The Labute approximate surface area is 94.4 Å². The topological polar surface area (TPSA) is 93.2 Å². The lowest BCUT2D eigenvalue weighted by Crippen LogP contribution is -2.35. The van der Waals surface area contributed by atoms with Gasteiger partial charge in [0.2, 0.25) is 0 Å². The van der Waals surface area contributed by atoms with Crippen molar-refractivity contribution in [1.82, 2.24) is 15.1 Å². The Kier molecular flexibility index (Phi) is 3.89. The summed E-state index contributed by atoms with van der Waals surface area (Å²) in [6.45, 7) is 3.50. The van der Waals surface area contributed by atoms with Crippen LogP contribution in [0.15, 0.2) is 6.20 Å². The molecule has 1 rings (SSSR count). The molecule has 0 radical (unpaired) electrons. The molecule has 2 unspecified atom stereocenters. The first-order chi connectivity index (χ1) is 7.40. The van der Waals surface area contributed by atoms with Gasteiger partial charge < -0.3 is 16.2 Å². The largest absolute Gasteiger partial charge is 0.396 e.